The lowest BCUT2D eigenvalue weighted by Crippen LogP contribution is -2.36. The number of nitrogens with zero attached hydrogens (tertiary/aromatic N) is 1. The van der Waals surface area contributed by atoms with Gasteiger partial charge in [-0.15, -0.1) is 0 Å². The third kappa shape index (κ3) is 3.43. The van der Waals surface area contributed by atoms with Crippen LogP contribution in [0, 0.1) is 11.8 Å². The van der Waals surface area contributed by atoms with E-state index in [-0.39, 0.29) is 12.5 Å². The molecule has 0 bridgehead atoms. The maximum Gasteiger partial charge on any atom is 0.267 e. The molecule has 0 aromatic carbocycles. The Morgan fingerprint density at radius 2 is 2.00 bits per heavy atom. The lowest BCUT2D eigenvalue weighted by atomic mass is 9.79. The number of aromatic nitrogens is 1. The molecule has 0 saturated heterocycles. The number of hydrogen-bond acceptors (Lipinski definition) is 2. The van der Waals surface area contributed by atoms with Gasteiger partial charge in [-0.3, -0.25) is 4.79 Å². The van der Waals surface area contributed by atoms with Crippen molar-refractivity contribution in [2.45, 2.75) is 44.6 Å². The highest BCUT2D eigenvalue weighted by Crippen LogP contribution is 2.37. The Hall–Kier alpha value is -1.00. The molecular formula is C16H23ClN2O2. The van der Waals surface area contributed by atoms with Crippen molar-refractivity contribution >= 4 is 17.5 Å². The molecule has 2 aliphatic rings. The summed E-state index contributed by atoms with van der Waals surface area (Å²) in [6, 6.07) is 2.19. The molecular weight excluding hydrogens is 288 g/mol. The van der Waals surface area contributed by atoms with Crippen molar-refractivity contribution in [1.82, 2.24) is 9.88 Å². The number of amides is 1. The maximum absolute atomic E-state index is 12.4. The molecule has 2 N–H and O–H groups in total. The van der Waals surface area contributed by atoms with E-state index in [0.717, 1.165) is 25.7 Å². The average molecular weight is 311 g/mol. The van der Waals surface area contributed by atoms with E-state index in [1.54, 1.807) is 6.07 Å². The first kappa shape index (κ1) is 14.9. The molecule has 0 aliphatic heterocycles. The van der Waals surface area contributed by atoms with Gasteiger partial charge in [-0.05, 0) is 43.6 Å². The zero-order valence-electron chi connectivity index (χ0n) is 12.2. The minimum atomic E-state index is -0.0453. The molecule has 1 heterocycles. The van der Waals surface area contributed by atoms with Gasteiger partial charge in [0.1, 0.15) is 5.69 Å². The summed E-state index contributed by atoms with van der Waals surface area (Å²) in [7, 11) is 0. The highest BCUT2D eigenvalue weighted by atomic mass is 35.5. The summed E-state index contributed by atoms with van der Waals surface area (Å²) in [4.78, 5) is 12.4. The summed E-state index contributed by atoms with van der Waals surface area (Å²) >= 11 is 6.04. The van der Waals surface area contributed by atoms with Crippen LogP contribution in [0.2, 0.25) is 5.02 Å². The number of carbonyl (C=O) groups excluding carboxylic acids is 1. The molecule has 4 nitrogen and oxygen atoms in total. The Labute approximate surface area is 130 Å². The summed E-state index contributed by atoms with van der Waals surface area (Å²) in [5.74, 6) is 0.682. The molecule has 2 aliphatic carbocycles. The Morgan fingerprint density at radius 1 is 1.29 bits per heavy atom. The lowest BCUT2D eigenvalue weighted by Gasteiger charge is -2.30. The Balaban J connectivity index is 1.61. The molecule has 0 radical (unpaired) electrons. The van der Waals surface area contributed by atoms with Crippen LogP contribution in [0.5, 0.6) is 0 Å². The van der Waals surface area contributed by atoms with Crippen molar-refractivity contribution in [3.05, 3.63) is 23.0 Å². The van der Waals surface area contributed by atoms with Crippen molar-refractivity contribution < 1.29 is 9.90 Å². The second-order valence-corrected chi connectivity index (χ2v) is 6.82. The lowest BCUT2D eigenvalue weighted by molar-refractivity contribution is 0.0900. The number of hydrogen-bond donors (Lipinski definition) is 2. The summed E-state index contributed by atoms with van der Waals surface area (Å²) in [6.45, 7) is 0.877. The maximum atomic E-state index is 12.4. The summed E-state index contributed by atoms with van der Waals surface area (Å²) < 4.78 is 2.00. The highest BCUT2D eigenvalue weighted by molar-refractivity contribution is 6.31. The van der Waals surface area contributed by atoms with Crippen molar-refractivity contribution in [3.8, 4) is 0 Å². The van der Waals surface area contributed by atoms with Gasteiger partial charge in [0.25, 0.3) is 5.91 Å². The van der Waals surface area contributed by atoms with Gasteiger partial charge in [-0.1, -0.05) is 24.4 Å². The molecule has 21 heavy (non-hydrogen) atoms. The van der Waals surface area contributed by atoms with Crippen LogP contribution in [0.4, 0.5) is 0 Å². The normalized spacial score (nSPS) is 25.8. The van der Waals surface area contributed by atoms with Crippen LogP contribution in [-0.2, 0) is 0 Å². The smallest absolute Gasteiger partial charge is 0.267 e. The molecule has 116 valence electrons. The van der Waals surface area contributed by atoms with Crippen LogP contribution in [0.3, 0.4) is 0 Å². The SMILES string of the molecule is O=C(NCC1CCCCC1CO)c1cc(Cl)cn1C1CC1. The number of halogens is 1. The van der Waals surface area contributed by atoms with Gasteiger partial charge in [-0.25, -0.2) is 0 Å². The van der Waals surface area contributed by atoms with Crippen LogP contribution in [0.25, 0.3) is 0 Å². The Kier molecular flexibility index (Phi) is 4.55. The first-order valence-corrected chi connectivity index (χ1v) is 8.33. The van der Waals surface area contributed by atoms with Crippen LogP contribution < -0.4 is 5.32 Å². The van der Waals surface area contributed by atoms with Gasteiger partial charge in [0.15, 0.2) is 0 Å². The van der Waals surface area contributed by atoms with E-state index in [2.05, 4.69) is 5.32 Å². The molecule has 2 unspecified atom stereocenters. The van der Waals surface area contributed by atoms with E-state index >= 15 is 0 Å². The van der Waals surface area contributed by atoms with E-state index in [9.17, 15) is 9.90 Å². The number of rotatable bonds is 5. The zero-order chi connectivity index (χ0) is 14.8. The largest absolute Gasteiger partial charge is 0.396 e. The van der Waals surface area contributed by atoms with Gasteiger partial charge >= 0.3 is 0 Å². The van der Waals surface area contributed by atoms with Crippen LogP contribution in [0.15, 0.2) is 12.3 Å². The van der Waals surface area contributed by atoms with E-state index in [4.69, 9.17) is 11.6 Å². The van der Waals surface area contributed by atoms with E-state index in [1.807, 2.05) is 10.8 Å². The minimum Gasteiger partial charge on any atom is -0.396 e. The molecule has 2 fully saturated rings. The van der Waals surface area contributed by atoms with Gasteiger partial charge in [0, 0.05) is 25.4 Å². The second-order valence-electron chi connectivity index (χ2n) is 6.38. The van der Waals surface area contributed by atoms with Crippen LogP contribution in [-0.4, -0.2) is 28.7 Å². The van der Waals surface area contributed by atoms with Crippen LogP contribution >= 0.6 is 11.6 Å². The summed E-state index contributed by atoms with van der Waals surface area (Å²) in [6.07, 6.45) is 8.65. The van der Waals surface area contributed by atoms with Crippen LogP contribution in [0.1, 0.15) is 55.1 Å². The van der Waals surface area contributed by atoms with Crippen molar-refractivity contribution in [2.24, 2.45) is 11.8 Å². The molecule has 1 aromatic rings. The fourth-order valence-electron chi connectivity index (χ4n) is 3.39. The van der Waals surface area contributed by atoms with Gasteiger partial charge in [0.2, 0.25) is 0 Å². The van der Waals surface area contributed by atoms with Crippen molar-refractivity contribution in [1.29, 1.82) is 0 Å². The first-order chi connectivity index (χ1) is 10.2. The third-order valence-corrected chi connectivity index (χ3v) is 5.02. The molecule has 0 spiro atoms. The van der Waals surface area contributed by atoms with Gasteiger partial charge in [0.05, 0.1) is 5.02 Å². The Morgan fingerprint density at radius 3 is 2.67 bits per heavy atom. The zero-order valence-corrected chi connectivity index (χ0v) is 13.0. The first-order valence-electron chi connectivity index (χ1n) is 7.95. The highest BCUT2D eigenvalue weighted by Gasteiger charge is 2.29. The molecule has 1 aromatic heterocycles. The molecule has 5 heteroatoms. The summed E-state index contributed by atoms with van der Waals surface area (Å²) in [5, 5.41) is 13.1. The van der Waals surface area contributed by atoms with Gasteiger partial charge < -0.3 is 15.0 Å². The predicted octanol–water partition coefficient (Wildman–Crippen LogP) is 3.00. The van der Waals surface area contributed by atoms with Gasteiger partial charge in [-0.2, -0.15) is 0 Å². The quantitative estimate of drug-likeness (QED) is 0.878. The number of nitrogens with one attached hydrogen (secondary N) is 1. The van der Waals surface area contributed by atoms with E-state index in [1.165, 1.54) is 12.8 Å². The minimum absolute atomic E-state index is 0.0453. The number of aliphatic hydroxyl groups is 1. The second kappa shape index (κ2) is 6.41. The fourth-order valence-corrected chi connectivity index (χ4v) is 3.60. The van der Waals surface area contributed by atoms with E-state index < -0.39 is 0 Å². The summed E-state index contributed by atoms with van der Waals surface area (Å²) in [5.41, 5.74) is 0.666. The fraction of sp³-hybridized carbons (Fsp3) is 0.688. The predicted molar refractivity (Wildman–Crippen MR) is 82.6 cm³/mol. The molecule has 3 rings (SSSR count). The Bertz CT molecular complexity index is 510. The standard InChI is InChI=1S/C16H23ClN2O2/c17-13-7-15(19(9-13)14-5-6-14)16(21)18-8-11-3-1-2-4-12(11)10-20/h7,9,11-12,14,20H,1-6,8,10H2,(H,18,21). The van der Waals surface area contributed by atoms with Crippen molar-refractivity contribution in [2.75, 3.05) is 13.2 Å². The average Bonchev–Trinajstić information content (AvgIpc) is 3.27. The molecule has 1 amide bonds. The topological polar surface area (TPSA) is 54.3 Å². The van der Waals surface area contributed by atoms with E-state index in [0.29, 0.717) is 35.1 Å². The van der Waals surface area contributed by atoms with Crippen molar-refractivity contribution in [3.63, 3.8) is 0 Å². The third-order valence-electron chi connectivity index (χ3n) is 4.81. The molecule has 2 saturated carbocycles. The number of carbonyl (C=O) groups is 1. The monoisotopic (exact) mass is 310 g/mol. The number of aliphatic hydroxyl groups excluding tert-OH is 1. The molecule has 2 atom stereocenters.